The van der Waals surface area contributed by atoms with Gasteiger partial charge in [0, 0.05) is 18.7 Å². The lowest BCUT2D eigenvalue weighted by Crippen LogP contribution is -2.38. The van der Waals surface area contributed by atoms with E-state index >= 15 is 0 Å². The largest absolute Gasteiger partial charge is 0.497 e. The van der Waals surface area contributed by atoms with Gasteiger partial charge in [0.1, 0.15) is 23.4 Å². The summed E-state index contributed by atoms with van der Waals surface area (Å²) >= 11 is 0. The number of guanidine groups is 1. The number of aliphatic imine (C=N–C) groups is 1. The predicted molar refractivity (Wildman–Crippen MR) is 129 cm³/mol. The molecule has 1 atom stereocenters. The van der Waals surface area contributed by atoms with Crippen molar-refractivity contribution < 1.29 is 19.0 Å². The van der Waals surface area contributed by atoms with Crippen LogP contribution in [0.4, 0.5) is 4.39 Å². The molecule has 6 nitrogen and oxygen atoms in total. The molecule has 0 saturated carbocycles. The summed E-state index contributed by atoms with van der Waals surface area (Å²) < 4.78 is 23.8. The van der Waals surface area contributed by atoms with E-state index in [0.29, 0.717) is 36.1 Å². The molecule has 166 valence electrons. The Morgan fingerprint density at radius 1 is 1.13 bits per heavy atom. The Balaban J connectivity index is 0.00000450. The van der Waals surface area contributed by atoms with Crippen molar-refractivity contribution in [2.45, 2.75) is 26.4 Å². The molecule has 0 aliphatic rings. The molecule has 3 N–H and O–H groups in total. The number of nitrogens with one attached hydrogen (secondary N) is 2. The molecule has 0 heterocycles. The van der Waals surface area contributed by atoms with Crippen LogP contribution in [0.25, 0.3) is 0 Å². The van der Waals surface area contributed by atoms with Gasteiger partial charge in [-0.3, -0.25) is 4.99 Å². The van der Waals surface area contributed by atoms with Crippen molar-refractivity contribution in [2.75, 3.05) is 33.9 Å². The summed E-state index contributed by atoms with van der Waals surface area (Å²) in [5.41, 5.74) is 2.62. The standard InChI is InChI=1S/C22H30FN3O3.HI/c1-5-24-22(25-11-10-16-6-7-17(23)12-15(16)2)26-14-20(27)19-13-18(28-3)8-9-21(19)29-4;/h6-9,12-13,20,27H,5,10-11,14H2,1-4H3,(H2,24,25,26);1H. The van der Waals surface area contributed by atoms with Gasteiger partial charge < -0.3 is 25.2 Å². The molecule has 2 aromatic rings. The number of methoxy groups -OCH3 is 2. The zero-order valence-electron chi connectivity index (χ0n) is 17.9. The van der Waals surface area contributed by atoms with Crippen LogP contribution in [0.15, 0.2) is 41.4 Å². The maximum Gasteiger partial charge on any atom is 0.191 e. The fourth-order valence-corrected chi connectivity index (χ4v) is 2.97. The minimum absolute atomic E-state index is 0. The van der Waals surface area contributed by atoms with Crippen molar-refractivity contribution >= 4 is 29.9 Å². The molecule has 30 heavy (non-hydrogen) atoms. The number of aryl methyl sites for hydroxylation is 1. The molecule has 8 heteroatoms. The third-order valence-corrected chi connectivity index (χ3v) is 4.55. The van der Waals surface area contributed by atoms with E-state index in [0.717, 1.165) is 17.5 Å². The lowest BCUT2D eigenvalue weighted by molar-refractivity contribution is 0.182. The van der Waals surface area contributed by atoms with Crippen molar-refractivity contribution in [3.63, 3.8) is 0 Å². The van der Waals surface area contributed by atoms with Gasteiger partial charge in [-0.25, -0.2) is 4.39 Å². The third-order valence-electron chi connectivity index (χ3n) is 4.55. The van der Waals surface area contributed by atoms with E-state index in [9.17, 15) is 9.50 Å². The molecule has 2 rings (SSSR count). The van der Waals surface area contributed by atoms with Crippen LogP contribution in [0.2, 0.25) is 0 Å². The van der Waals surface area contributed by atoms with Gasteiger partial charge in [0.15, 0.2) is 5.96 Å². The fraction of sp³-hybridized carbons (Fsp3) is 0.409. The summed E-state index contributed by atoms with van der Waals surface area (Å²) in [5, 5.41) is 17.0. The monoisotopic (exact) mass is 531 g/mol. The summed E-state index contributed by atoms with van der Waals surface area (Å²) in [5.74, 6) is 1.60. The SMILES string of the molecule is CCNC(=NCC(O)c1cc(OC)ccc1OC)NCCc1ccc(F)cc1C.I. The second-order valence-corrected chi connectivity index (χ2v) is 6.59. The van der Waals surface area contributed by atoms with E-state index in [1.807, 2.05) is 13.8 Å². The van der Waals surface area contributed by atoms with Crippen LogP contribution in [0.5, 0.6) is 11.5 Å². The number of benzene rings is 2. The lowest BCUT2D eigenvalue weighted by Gasteiger charge is -2.16. The van der Waals surface area contributed by atoms with E-state index in [1.165, 1.54) is 12.1 Å². The van der Waals surface area contributed by atoms with E-state index < -0.39 is 6.10 Å². The Kier molecular flexibility index (Phi) is 11.5. The van der Waals surface area contributed by atoms with Crippen molar-refractivity contribution in [3.8, 4) is 11.5 Å². The van der Waals surface area contributed by atoms with Gasteiger partial charge in [-0.2, -0.15) is 0 Å². The Labute approximate surface area is 194 Å². The van der Waals surface area contributed by atoms with Crippen molar-refractivity contribution in [2.24, 2.45) is 4.99 Å². The molecule has 0 amide bonds. The van der Waals surface area contributed by atoms with E-state index in [-0.39, 0.29) is 36.3 Å². The molecule has 0 radical (unpaired) electrons. The predicted octanol–water partition coefficient (Wildman–Crippen LogP) is 3.60. The second-order valence-electron chi connectivity index (χ2n) is 6.59. The molecule has 0 spiro atoms. The molecular formula is C22H31FIN3O3. The molecule has 1 unspecified atom stereocenters. The van der Waals surface area contributed by atoms with Gasteiger partial charge in [0.25, 0.3) is 0 Å². The first-order valence-electron chi connectivity index (χ1n) is 9.65. The number of aliphatic hydroxyl groups excluding tert-OH is 1. The lowest BCUT2D eigenvalue weighted by atomic mass is 10.1. The number of rotatable bonds is 9. The van der Waals surface area contributed by atoms with Crippen LogP contribution in [-0.4, -0.2) is 44.9 Å². The highest BCUT2D eigenvalue weighted by Gasteiger charge is 2.14. The first-order chi connectivity index (χ1) is 14.0. The summed E-state index contributed by atoms with van der Waals surface area (Å²) in [6, 6.07) is 10.1. The average Bonchev–Trinajstić information content (AvgIpc) is 2.72. The van der Waals surface area contributed by atoms with Crippen LogP contribution in [0.1, 0.15) is 29.7 Å². The molecule has 0 fully saturated rings. The molecular weight excluding hydrogens is 500 g/mol. The quantitative estimate of drug-likeness (QED) is 0.262. The van der Waals surface area contributed by atoms with Crippen LogP contribution in [0, 0.1) is 12.7 Å². The molecule has 0 saturated heterocycles. The van der Waals surface area contributed by atoms with E-state index in [4.69, 9.17) is 9.47 Å². The van der Waals surface area contributed by atoms with Crippen molar-refractivity contribution in [1.82, 2.24) is 10.6 Å². The highest BCUT2D eigenvalue weighted by atomic mass is 127. The summed E-state index contributed by atoms with van der Waals surface area (Å²) in [7, 11) is 3.14. The minimum Gasteiger partial charge on any atom is -0.497 e. The fourth-order valence-electron chi connectivity index (χ4n) is 2.97. The van der Waals surface area contributed by atoms with Gasteiger partial charge in [0.05, 0.1) is 20.8 Å². The maximum absolute atomic E-state index is 13.2. The minimum atomic E-state index is -0.838. The van der Waals surface area contributed by atoms with Gasteiger partial charge in [0.2, 0.25) is 0 Å². The molecule has 0 aliphatic heterocycles. The number of hydrogen-bond donors (Lipinski definition) is 3. The Morgan fingerprint density at radius 3 is 2.53 bits per heavy atom. The first kappa shape index (κ1) is 26.0. The Hall–Kier alpha value is -2.07. The maximum atomic E-state index is 13.2. The number of halogens is 2. The van der Waals surface area contributed by atoms with Gasteiger partial charge in [-0.05, 0) is 61.7 Å². The second kappa shape index (κ2) is 13.3. The first-order valence-corrected chi connectivity index (χ1v) is 9.65. The summed E-state index contributed by atoms with van der Waals surface area (Å²) in [6.45, 7) is 5.36. The molecule has 0 aliphatic carbocycles. The Bertz CT molecular complexity index is 833. The molecule has 0 aromatic heterocycles. The van der Waals surface area contributed by atoms with Gasteiger partial charge in [-0.15, -0.1) is 24.0 Å². The third kappa shape index (κ3) is 7.64. The Morgan fingerprint density at radius 2 is 1.90 bits per heavy atom. The van der Waals surface area contributed by atoms with Gasteiger partial charge in [-0.1, -0.05) is 6.07 Å². The van der Waals surface area contributed by atoms with Gasteiger partial charge >= 0.3 is 0 Å². The van der Waals surface area contributed by atoms with E-state index in [2.05, 4.69) is 15.6 Å². The van der Waals surface area contributed by atoms with Crippen LogP contribution < -0.4 is 20.1 Å². The smallest absolute Gasteiger partial charge is 0.191 e. The number of ether oxygens (including phenoxy) is 2. The highest BCUT2D eigenvalue weighted by molar-refractivity contribution is 14.0. The van der Waals surface area contributed by atoms with E-state index in [1.54, 1.807) is 38.5 Å². The topological polar surface area (TPSA) is 75.1 Å². The van der Waals surface area contributed by atoms with Crippen molar-refractivity contribution in [1.29, 1.82) is 0 Å². The van der Waals surface area contributed by atoms with Crippen molar-refractivity contribution in [3.05, 3.63) is 58.9 Å². The van der Waals surface area contributed by atoms with Crippen LogP contribution in [-0.2, 0) is 6.42 Å². The normalized spacial score (nSPS) is 12.0. The zero-order chi connectivity index (χ0) is 21.2. The average molecular weight is 531 g/mol. The molecule has 2 aromatic carbocycles. The van der Waals surface area contributed by atoms with Crippen LogP contribution >= 0.6 is 24.0 Å². The zero-order valence-corrected chi connectivity index (χ0v) is 20.2. The summed E-state index contributed by atoms with van der Waals surface area (Å²) in [4.78, 5) is 4.48. The highest BCUT2D eigenvalue weighted by Crippen LogP contribution is 2.29. The number of aliphatic hydroxyl groups is 1. The summed E-state index contributed by atoms with van der Waals surface area (Å²) in [6.07, 6.45) is -0.0992. The molecule has 0 bridgehead atoms. The number of nitrogens with zero attached hydrogens (tertiary/aromatic N) is 1. The number of hydrogen-bond acceptors (Lipinski definition) is 4. The van der Waals surface area contributed by atoms with Crippen LogP contribution in [0.3, 0.4) is 0 Å².